The maximum absolute atomic E-state index is 12.2. The van der Waals surface area contributed by atoms with E-state index < -0.39 is 11.9 Å². The van der Waals surface area contributed by atoms with Crippen molar-refractivity contribution in [3.05, 3.63) is 29.0 Å². The summed E-state index contributed by atoms with van der Waals surface area (Å²) < 4.78 is 37.9. The summed E-state index contributed by atoms with van der Waals surface area (Å²) in [7, 11) is 0. The van der Waals surface area contributed by atoms with Crippen LogP contribution in [0.25, 0.3) is 0 Å². The van der Waals surface area contributed by atoms with Crippen LogP contribution in [0, 0.1) is 0 Å². The largest absolute Gasteiger partial charge is 0.435 e. The number of halogens is 3. The maximum atomic E-state index is 12.2. The Morgan fingerprint density at radius 1 is 1.44 bits per heavy atom. The predicted molar refractivity (Wildman–Crippen MR) is 52.9 cm³/mol. The van der Waals surface area contributed by atoms with Gasteiger partial charge in [0, 0.05) is 11.6 Å². The molecule has 0 aromatic carbocycles. The number of anilines is 1. The Morgan fingerprint density at radius 3 is 2.69 bits per heavy atom. The van der Waals surface area contributed by atoms with E-state index in [0.717, 1.165) is 6.07 Å². The van der Waals surface area contributed by atoms with Crippen molar-refractivity contribution in [2.45, 2.75) is 12.7 Å². The zero-order valence-electron chi connectivity index (χ0n) is 7.90. The minimum atomic E-state index is -4.41. The zero-order chi connectivity index (χ0) is 11.8. The van der Waals surface area contributed by atoms with E-state index in [0.29, 0.717) is 10.8 Å². The van der Waals surface area contributed by atoms with Gasteiger partial charge in [-0.2, -0.15) is 18.3 Å². The van der Waals surface area contributed by atoms with Crippen LogP contribution in [0.15, 0.2) is 17.6 Å². The summed E-state index contributed by atoms with van der Waals surface area (Å²) >= 11 is 1.24. The summed E-state index contributed by atoms with van der Waals surface area (Å²) in [5.74, 6) is 0. The molecule has 2 N–H and O–H groups in total. The van der Waals surface area contributed by atoms with Gasteiger partial charge in [-0.05, 0) is 6.07 Å². The first-order chi connectivity index (χ1) is 7.45. The quantitative estimate of drug-likeness (QED) is 0.884. The fourth-order valence-corrected chi connectivity index (χ4v) is 1.72. The third-order valence-electron chi connectivity index (χ3n) is 1.82. The van der Waals surface area contributed by atoms with Gasteiger partial charge in [-0.15, -0.1) is 11.3 Å². The first-order valence-corrected chi connectivity index (χ1v) is 5.13. The highest BCUT2D eigenvalue weighted by atomic mass is 32.1. The first kappa shape index (κ1) is 10.9. The Kier molecular flexibility index (Phi) is 2.58. The highest BCUT2D eigenvalue weighted by Crippen LogP contribution is 2.27. The molecule has 2 aromatic heterocycles. The highest BCUT2D eigenvalue weighted by molar-refractivity contribution is 7.13. The molecule has 4 nitrogen and oxygen atoms in total. The molecule has 0 bridgehead atoms. The molecule has 0 aliphatic rings. The Bertz CT molecular complexity index is 487. The Morgan fingerprint density at radius 2 is 2.19 bits per heavy atom. The van der Waals surface area contributed by atoms with Crippen molar-refractivity contribution in [1.82, 2.24) is 14.8 Å². The van der Waals surface area contributed by atoms with Crippen molar-refractivity contribution in [2.24, 2.45) is 0 Å². The number of nitrogens with zero attached hydrogens (tertiary/aromatic N) is 3. The molecule has 0 radical (unpaired) electrons. The second kappa shape index (κ2) is 3.78. The van der Waals surface area contributed by atoms with Crippen LogP contribution in [0.3, 0.4) is 0 Å². The summed E-state index contributed by atoms with van der Waals surface area (Å²) in [4.78, 5) is 3.93. The van der Waals surface area contributed by atoms with Gasteiger partial charge >= 0.3 is 6.18 Å². The number of hydrogen-bond donors (Lipinski definition) is 1. The van der Waals surface area contributed by atoms with E-state index in [1.54, 1.807) is 5.38 Å². The highest BCUT2D eigenvalue weighted by Gasteiger charge is 2.33. The number of nitrogen functional groups attached to an aromatic ring is 1. The van der Waals surface area contributed by atoms with E-state index in [2.05, 4.69) is 10.1 Å². The normalized spacial score (nSPS) is 11.9. The summed E-state index contributed by atoms with van der Waals surface area (Å²) in [5, 5.41) is 5.47. The summed E-state index contributed by atoms with van der Waals surface area (Å²) in [6.45, 7) is 0.184. The van der Waals surface area contributed by atoms with Gasteiger partial charge in [0.2, 0.25) is 0 Å². The lowest BCUT2D eigenvalue weighted by atomic mass is 10.4. The molecule has 8 heteroatoms. The van der Waals surface area contributed by atoms with E-state index in [1.807, 2.05) is 0 Å². The van der Waals surface area contributed by atoms with E-state index in [-0.39, 0.29) is 6.54 Å². The Hall–Kier alpha value is -1.57. The van der Waals surface area contributed by atoms with Gasteiger partial charge in [0.25, 0.3) is 0 Å². The number of rotatable bonds is 2. The number of alkyl halides is 3. The molecule has 0 fully saturated rings. The average Bonchev–Trinajstić information content (AvgIpc) is 2.74. The van der Waals surface area contributed by atoms with Gasteiger partial charge in [0.05, 0.1) is 12.2 Å². The van der Waals surface area contributed by atoms with Crippen LogP contribution in [0.5, 0.6) is 0 Å². The predicted octanol–water partition coefficient (Wildman–Crippen LogP) is 1.99. The first-order valence-electron chi connectivity index (χ1n) is 4.25. The van der Waals surface area contributed by atoms with E-state index >= 15 is 0 Å². The molecule has 0 atom stereocenters. The van der Waals surface area contributed by atoms with Crippen molar-refractivity contribution in [3.8, 4) is 0 Å². The molecule has 0 aliphatic carbocycles. The fraction of sp³-hybridized carbons (Fsp3) is 0.250. The van der Waals surface area contributed by atoms with Gasteiger partial charge in [0.15, 0.2) is 10.8 Å². The third kappa shape index (κ3) is 2.32. The second-order valence-electron chi connectivity index (χ2n) is 3.07. The van der Waals surface area contributed by atoms with Gasteiger partial charge in [-0.1, -0.05) is 0 Å². The van der Waals surface area contributed by atoms with Gasteiger partial charge < -0.3 is 5.73 Å². The second-order valence-corrected chi connectivity index (χ2v) is 3.96. The number of aromatic nitrogens is 3. The lowest BCUT2D eigenvalue weighted by molar-refractivity contribution is -0.141. The van der Waals surface area contributed by atoms with Crippen molar-refractivity contribution in [1.29, 1.82) is 0 Å². The molecule has 0 saturated carbocycles. The molecule has 16 heavy (non-hydrogen) atoms. The minimum Gasteiger partial charge on any atom is -0.375 e. The fourth-order valence-electron chi connectivity index (χ4n) is 1.16. The van der Waals surface area contributed by atoms with Crippen LogP contribution in [0.4, 0.5) is 18.3 Å². The SMILES string of the molecule is Nc1nc(Cn2ccc(C(F)(F)F)n2)cs1. The molecule has 86 valence electrons. The zero-order valence-corrected chi connectivity index (χ0v) is 8.72. The lowest BCUT2D eigenvalue weighted by Gasteiger charge is -2.01. The standard InChI is InChI=1S/C8H7F3N4S/c9-8(10,11)6-1-2-15(14-6)3-5-4-16-7(12)13-5/h1-2,4H,3H2,(H2,12,13). The van der Waals surface area contributed by atoms with Gasteiger partial charge in [-0.25, -0.2) is 4.98 Å². The third-order valence-corrected chi connectivity index (χ3v) is 2.55. The minimum absolute atomic E-state index is 0.184. The summed E-state index contributed by atoms with van der Waals surface area (Å²) in [6.07, 6.45) is -3.15. The summed E-state index contributed by atoms with van der Waals surface area (Å²) in [5.41, 5.74) is 5.09. The monoisotopic (exact) mass is 248 g/mol. The number of nitrogens with two attached hydrogens (primary N) is 1. The van der Waals surface area contributed by atoms with Gasteiger partial charge in [0.1, 0.15) is 0 Å². The Labute approximate surface area is 92.5 Å². The molecule has 0 aliphatic heterocycles. The van der Waals surface area contributed by atoms with Crippen molar-refractivity contribution in [2.75, 3.05) is 5.73 Å². The van der Waals surface area contributed by atoms with E-state index in [9.17, 15) is 13.2 Å². The van der Waals surface area contributed by atoms with Crippen LogP contribution in [0.2, 0.25) is 0 Å². The van der Waals surface area contributed by atoms with Crippen LogP contribution in [0.1, 0.15) is 11.4 Å². The van der Waals surface area contributed by atoms with Crippen LogP contribution in [-0.4, -0.2) is 14.8 Å². The van der Waals surface area contributed by atoms with E-state index in [1.165, 1.54) is 22.2 Å². The average molecular weight is 248 g/mol. The van der Waals surface area contributed by atoms with Crippen LogP contribution >= 0.6 is 11.3 Å². The maximum Gasteiger partial charge on any atom is 0.435 e. The molecule has 2 aromatic rings. The van der Waals surface area contributed by atoms with Crippen LogP contribution < -0.4 is 5.73 Å². The van der Waals surface area contributed by atoms with Crippen molar-refractivity contribution >= 4 is 16.5 Å². The van der Waals surface area contributed by atoms with E-state index in [4.69, 9.17) is 5.73 Å². The molecular formula is C8H7F3N4S. The van der Waals surface area contributed by atoms with Gasteiger partial charge in [-0.3, -0.25) is 4.68 Å². The molecule has 0 saturated heterocycles. The number of thiazole rings is 1. The summed E-state index contributed by atoms with van der Waals surface area (Å²) in [6, 6.07) is 0.926. The molecule has 0 amide bonds. The number of hydrogen-bond acceptors (Lipinski definition) is 4. The molecule has 0 unspecified atom stereocenters. The smallest absolute Gasteiger partial charge is 0.375 e. The lowest BCUT2D eigenvalue weighted by Crippen LogP contribution is -2.08. The molecule has 2 heterocycles. The van der Waals surface area contributed by atoms with Crippen molar-refractivity contribution < 1.29 is 13.2 Å². The van der Waals surface area contributed by atoms with Crippen LogP contribution in [-0.2, 0) is 12.7 Å². The van der Waals surface area contributed by atoms with Crippen molar-refractivity contribution in [3.63, 3.8) is 0 Å². The molecule has 2 rings (SSSR count). The topological polar surface area (TPSA) is 56.7 Å². The Balaban J connectivity index is 2.14. The molecular weight excluding hydrogens is 241 g/mol. The molecule has 0 spiro atoms.